The van der Waals surface area contributed by atoms with Gasteiger partial charge in [0.25, 0.3) is 0 Å². The van der Waals surface area contributed by atoms with Crippen LogP contribution in [0.3, 0.4) is 0 Å². The van der Waals surface area contributed by atoms with Crippen LogP contribution >= 0.6 is 11.6 Å². The molecule has 0 aromatic heterocycles. The fraction of sp³-hybridized carbons (Fsp3) is 0.562. The first kappa shape index (κ1) is 13.1. The second kappa shape index (κ2) is 4.92. The van der Waals surface area contributed by atoms with E-state index in [-0.39, 0.29) is 17.3 Å². The van der Waals surface area contributed by atoms with E-state index in [0.717, 1.165) is 43.4 Å². The Hall–Kier alpha value is -0.860. The average Bonchev–Trinajstić information content (AvgIpc) is 2.39. The van der Waals surface area contributed by atoms with Gasteiger partial charge >= 0.3 is 0 Å². The van der Waals surface area contributed by atoms with Crippen molar-refractivity contribution in [2.24, 2.45) is 5.92 Å². The van der Waals surface area contributed by atoms with Crippen molar-refractivity contribution >= 4 is 17.4 Å². The Balaban J connectivity index is 1.81. The van der Waals surface area contributed by atoms with Gasteiger partial charge in [-0.2, -0.15) is 0 Å². The highest BCUT2D eigenvalue weighted by Gasteiger charge is 2.44. The quantitative estimate of drug-likeness (QED) is 0.759. The van der Waals surface area contributed by atoms with Gasteiger partial charge in [0.15, 0.2) is 5.78 Å². The molecule has 0 N–H and O–H groups in total. The third-order valence-electron chi connectivity index (χ3n) is 4.59. The fourth-order valence-corrected chi connectivity index (χ4v) is 3.42. The highest BCUT2D eigenvalue weighted by Crippen LogP contribution is 2.45. The first-order valence-electron chi connectivity index (χ1n) is 7.04. The summed E-state index contributed by atoms with van der Waals surface area (Å²) in [5, 5.41) is 0.638. The van der Waals surface area contributed by atoms with Gasteiger partial charge in [-0.15, -0.1) is 0 Å². The highest BCUT2D eigenvalue weighted by molar-refractivity contribution is 6.31. The Kier molecular flexibility index (Phi) is 3.40. The predicted molar refractivity (Wildman–Crippen MR) is 75.8 cm³/mol. The summed E-state index contributed by atoms with van der Waals surface area (Å²) in [6, 6.07) is 5.57. The number of benzene rings is 1. The molecule has 1 saturated carbocycles. The molecule has 3 heteroatoms. The molecule has 1 aromatic carbocycles. The number of hydrogen-bond acceptors (Lipinski definition) is 2. The molecule has 1 aromatic rings. The molecule has 2 fully saturated rings. The lowest BCUT2D eigenvalue weighted by molar-refractivity contribution is -0.137. The summed E-state index contributed by atoms with van der Waals surface area (Å²) in [5.41, 5.74) is 1.82. The topological polar surface area (TPSA) is 26.3 Å². The summed E-state index contributed by atoms with van der Waals surface area (Å²) in [5.74, 6) is 0.348. The molecule has 0 amide bonds. The van der Waals surface area contributed by atoms with Crippen LogP contribution in [-0.4, -0.2) is 18.0 Å². The SMILES string of the molecule is Cc1ccc(Cl)cc1C(=O)C1CCOC2(CCC2)C1. The van der Waals surface area contributed by atoms with Crippen molar-refractivity contribution in [1.82, 2.24) is 0 Å². The normalized spacial score (nSPS) is 25.1. The number of ketones is 1. The third kappa shape index (κ3) is 2.44. The van der Waals surface area contributed by atoms with E-state index in [2.05, 4.69) is 0 Å². The number of rotatable bonds is 2. The van der Waals surface area contributed by atoms with E-state index in [9.17, 15) is 4.79 Å². The number of carbonyl (C=O) groups excluding carboxylic acids is 1. The van der Waals surface area contributed by atoms with Crippen molar-refractivity contribution < 1.29 is 9.53 Å². The molecule has 2 nitrogen and oxygen atoms in total. The molecule has 0 bridgehead atoms. The zero-order valence-corrected chi connectivity index (χ0v) is 12.0. The number of Topliss-reactive ketones (excluding diaryl/α,β-unsaturated/α-hetero) is 1. The van der Waals surface area contributed by atoms with E-state index in [4.69, 9.17) is 16.3 Å². The van der Waals surface area contributed by atoms with Crippen molar-refractivity contribution in [2.45, 2.75) is 44.6 Å². The molecule has 2 aliphatic rings. The van der Waals surface area contributed by atoms with Gasteiger partial charge < -0.3 is 4.74 Å². The van der Waals surface area contributed by atoms with Crippen LogP contribution < -0.4 is 0 Å². The Morgan fingerprint density at radius 2 is 2.21 bits per heavy atom. The van der Waals surface area contributed by atoms with Crippen LogP contribution in [-0.2, 0) is 4.74 Å². The molecule has 1 saturated heterocycles. The van der Waals surface area contributed by atoms with E-state index in [1.165, 1.54) is 6.42 Å². The second-order valence-electron chi connectivity index (χ2n) is 5.90. The third-order valence-corrected chi connectivity index (χ3v) is 4.83. The van der Waals surface area contributed by atoms with Crippen LogP contribution in [0, 0.1) is 12.8 Å². The molecule has 1 aliphatic heterocycles. The summed E-state index contributed by atoms with van der Waals surface area (Å²) in [4.78, 5) is 12.7. The molecule has 1 aliphatic carbocycles. The Morgan fingerprint density at radius 3 is 2.89 bits per heavy atom. The maximum absolute atomic E-state index is 12.7. The minimum Gasteiger partial charge on any atom is -0.375 e. The van der Waals surface area contributed by atoms with Crippen molar-refractivity contribution in [3.8, 4) is 0 Å². The van der Waals surface area contributed by atoms with Gasteiger partial charge in [0.2, 0.25) is 0 Å². The maximum Gasteiger partial charge on any atom is 0.166 e. The standard InChI is InChI=1S/C16H19ClO2/c1-11-3-4-13(17)9-14(11)15(18)12-5-8-19-16(10-12)6-2-7-16/h3-4,9,12H,2,5-8,10H2,1H3. The lowest BCUT2D eigenvalue weighted by Crippen LogP contribution is -2.47. The molecular formula is C16H19ClO2. The monoisotopic (exact) mass is 278 g/mol. The highest BCUT2D eigenvalue weighted by atomic mass is 35.5. The van der Waals surface area contributed by atoms with E-state index < -0.39 is 0 Å². The first-order chi connectivity index (χ1) is 9.10. The molecule has 1 spiro atoms. The minimum absolute atomic E-state index is 0.0189. The van der Waals surface area contributed by atoms with E-state index in [1.807, 2.05) is 25.1 Å². The van der Waals surface area contributed by atoms with E-state index in [1.54, 1.807) is 0 Å². The average molecular weight is 279 g/mol. The minimum atomic E-state index is 0.0189. The zero-order valence-electron chi connectivity index (χ0n) is 11.2. The largest absolute Gasteiger partial charge is 0.375 e. The smallest absolute Gasteiger partial charge is 0.166 e. The van der Waals surface area contributed by atoms with Crippen LogP contribution in [0.1, 0.15) is 48.0 Å². The summed E-state index contributed by atoms with van der Waals surface area (Å²) in [6.45, 7) is 2.69. The summed E-state index contributed by atoms with van der Waals surface area (Å²) in [7, 11) is 0. The Morgan fingerprint density at radius 1 is 1.42 bits per heavy atom. The van der Waals surface area contributed by atoms with Gasteiger partial charge in [-0.05, 0) is 56.7 Å². The van der Waals surface area contributed by atoms with Crippen LogP contribution in [0.4, 0.5) is 0 Å². The van der Waals surface area contributed by atoms with Gasteiger partial charge in [-0.1, -0.05) is 17.7 Å². The second-order valence-corrected chi connectivity index (χ2v) is 6.33. The lowest BCUT2D eigenvalue weighted by atomic mass is 9.70. The van der Waals surface area contributed by atoms with Gasteiger partial charge in [-0.25, -0.2) is 0 Å². The molecule has 1 heterocycles. The van der Waals surface area contributed by atoms with Crippen LogP contribution in [0.2, 0.25) is 5.02 Å². The van der Waals surface area contributed by atoms with Crippen molar-refractivity contribution in [3.05, 3.63) is 34.3 Å². The summed E-state index contributed by atoms with van der Waals surface area (Å²) in [6.07, 6.45) is 5.19. The van der Waals surface area contributed by atoms with E-state index >= 15 is 0 Å². The fourth-order valence-electron chi connectivity index (χ4n) is 3.25. The van der Waals surface area contributed by atoms with Crippen LogP contribution in [0.25, 0.3) is 0 Å². The van der Waals surface area contributed by atoms with Crippen LogP contribution in [0.15, 0.2) is 18.2 Å². The number of carbonyl (C=O) groups is 1. The predicted octanol–water partition coefficient (Wildman–Crippen LogP) is 4.18. The maximum atomic E-state index is 12.7. The zero-order chi connectivity index (χ0) is 13.5. The molecule has 0 radical (unpaired) electrons. The van der Waals surface area contributed by atoms with Crippen molar-refractivity contribution in [2.75, 3.05) is 6.61 Å². The van der Waals surface area contributed by atoms with Crippen molar-refractivity contribution in [1.29, 1.82) is 0 Å². The Labute approximate surface area is 119 Å². The molecule has 1 atom stereocenters. The Bertz CT molecular complexity index is 505. The van der Waals surface area contributed by atoms with Gasteiger partial charge in [0.1, 0.15) is 0 Å². The van der Waals surface area contributed by atoms with Gasteiger partial charge in [0.05, 0.1) is 5.60 Å². The number of hydrogen-bond donors (Lipinski definition) is 0. The molecule has 1 unspecified atom stereocenters. The summed E-state index contributed by atoms with van der Waals surface area (Å²) >= 11 is 6.02. The van der Waals surface area contributed by atoms with Gasteiger partial charge in [-0.3, -0.25) is 4.79 Å². The number of aryl methyl sites for hydroxylation is 1. The first-order valence-corrected chi connectivity index (χ1v) is 7.42. The van der Waals surface area contributed by atoms with Crippen LogP contribution in [0.5, 0.6) is 0 Å². The van der Waals surface area contributed by atoms with Crippen molar-refractivity contribution in [3.63, 3.8) is 0 Å². The number of halogens is 1. The molecular weight excluding hydrogens is 260 g/mol. The van der Waals surface area contributed by atoms with Gasteiger partial charge in [0, 0.05) is 23.1 Å². The summed E-state index contributed by atoms with van der Waals surface area (Å²) < 4.78 is 5.89. The molecule has 3 rings (SSSR count). The lowest BCUT2D eigenvalue weighted by Gasteiger charge is -2.46. The number of ether oxygens (including phenoxy) is 1. The van der Waals surface area contributed by atoms with E-state index in [0.29, 0.717) is 5.02 Å². The molecule has 102 valence electrons. The molecule has 19 heavy (non-hydrogen) atoms.